The maximum atomic E-state index is 12.3. The van der Waals surface area contributed by atoms with Crippen molar-refractivity contribution < 1.29 is 14.0 Å². The Kier molecular flexibility index (Phi) is 5.21. The highest BCUT2D eigenvalue weighted by Crippen LogP contribution is 2.11. The summed E-state index contributed by atoms with van der Waals surface area (Å²) in [5, 5.41) is 0. The fraction of sp³-hybridized carbons (Fsp3) is 0.600. The van der Waals surface area contributed by atoms with E-state index in [-0.39, 0.29) is 11.8 Å². The van der Waals surface area contributed by atoms with Gasteiger partial charge in [0.05, 0.1) is 11.8 Å². The van der Waals surface area contributed by atoms with Gasteiger partial charge in [-0.1, -0.05) is 6.92 Å². The molecule has 0 spiro atoms. The molecule has 1 aliphatic rings. The minimum Gasteiger partial charge on any atom is -0.472 e. The van der Waals surface area contributed by atoms with E-state index in [1.807, 2.05) is 11.8 Å². The second-order valence-corrected chi connectivity index (χ2v) is 5.14. The molecule has 1 fully saturated rings. The minimum atomic E-state index is -0.0604. The lowest BCUT2D eigenvalue weighted by atomic mass is 10.2. The van der Waals surface area contributed by atoms with Crippen molar-refractivity contribution in [2.24, 2.45) is 0 Å². The van der Waals surface area contributed by atoms with Gasteiger partial charge in [0.1, 0.15) is 6.26 Å². The third kappa shape index (κ3) is 3.62. The molecule has 0 saturated carbocycles. The van der Waals surface area contributed by atoms with E-state index in [1.54, 1.807) is 11.0 Å². The highest BCUT2D eigenvalue weighted by molar-refractivity contribution is 5.94. The number of amides is 2. The van der Waals surface area contributed by atoms with Gasteiger partial charge < -0.3 is 14.2 Å². The van der Waals surface area contributed by atoms with Crippen LogP contribution < -0.4 is 0 Å². The number of carbonyl (C=O) groups excluding carboxylic acids is 2. The molecule has 1 saturated heterocycles. The second kappa shape index (κ2) is 7.12. The molecule has 1 aromatic heterocycles. The van der Waals surface area contributed by atoms with Gasteiger partial charge in [-0.15, -0.1) is 0 Å². The lowest BCUT2D eigenvalue weighted by Gasteiger charge is -2.23. The lowest BCUT2D eigenvalue weighted by Crippen LogP contribution is -2.36. The van der Waals surface area contributed by atoms with Crippen LogP contribution in [0.15, 0.2) is 23.0 Å². The van der Waals surface area contributed by atoms with Gasteiger partial charge in [0.2, 0.25) is 5.91 Å². The van der Waals surface area contributed by atoms with Gasteiger partial charge in [0, 0.05) is 32.6 Å². The summed E-state index contributed by atoms with van der Waals surface area (Å²) in [6.45, 7) is 4.90. The van der Waals surface area contributed by atoms with Crippen LogP contribution in [0.3, 0.4) is 0 Å². The Bertz CT molecular complexity index is 436. The van der Waals surface area contributed by atoms with Crippen molar-refractivity contribution in [3.63, 3.8) is 0 Å². The van der Waals surface area contributed by atoms with Crippen LogP contribution in [0.2, 0.25) is 0 Å². The Morgan fingerprint density at radius 1 is 1.30 bits per heavy atom. The molecule has 2 heterocycles. The average molecular weight is 278 g/mol. The molecule has 20 heavy (non-hydrogen) atoms. The van der Waals surface area contributed by atoms with Gasteiger partial charge in [-0.3, -0.25) is 9.59 Å². The maximum absolute atomic E-state index is 12.3. The number of furan rings is 1. The van der Waals surface area contributed by atoms with Crippen molar-refractivity contribution in [1.82, 2.24) is 9.80 Å². The molecule has 0 atom stereocenters. The number of hydrogen-bond acceptors (Lipinski definition) is 3. The van der Waals surface area contributed by atoms with E-state index in [9.17, 15) is 9.59 Å². The van der Waals surface area contributed by atoms with Gasteiger partial charge in [-0.25, -0.2) is 0 Å². The number of rotatable bonds is 6. The molecule has 5 nitrogen and oxygen atoms in total. The van der Waals surface area contributed by atoms with Crippen molar-refractivity contribution in [3.8, 4) is 0 Å². The normalized spacial score (nSPS) is 14.6. The molecule has 1 aliphatic heterocycles. The van der Waals surface area contributed by atoms with Crippen LogP contribution in [-0.4, -0.2) is 47.8 Å². The molecule has 2 amide bonds. The smallest absolute Gasteiger partial charge is 0.257 e. The molecule has 0 unspecified atom stereocenters. The first-order chi connectivity index (χ1) is 9.72. The summed E-state index contributed by atoms with van der Waals surface area (Å²) in [6.07, 6.45) is 6.42. The van der Waals surface area contributed by atoms with Crippen LogP contribution in [0.1, 0.15) is 43.0 Å². The van der Waals surface area contributed by atoms with E-state index >= 15 is 0 Å². The monoisotopic (exact) mass is 278 g/mol. The van der Waals surface area contributed by atoms with Gasteiger partial charge in [-0.05, 0) is 25.3 Å². The molecule has 0 aliphatic carbocycles. The Balaban J connectivity index is 1.88. The van der Waals surface area contributed by atoms with Gasteiger partial charge in [0.25, 0.3) is 5.91 Å². The zero-order valence-electron chi connectivity index (χ0n) is 12.0. The molecule has 0 N–H and O–H groups in total. The van der Waals surface area contributed by atoms with Crippen LogP contribution in [0.25, 0.3) is 0 Å². The van der Waals surface area contributed by atoms with Crippen molar-refractivity contribution in [1.29, 1.82) is 0 Å². The summed E-state index contributed by atoms with van der Waals surface area (Å²) >= 11 is 0. The highest BCUT2D eigenvalue weighted by atomic mass is 16.3. The van der Waals surface area contributed by atoms with E-state index in [0.29, 0.717) is 25.1 Å². The van der Waals surface area contributed by atoms with Crippen molar-refractivity contribution >= 4 is 11.8 Å². The minimum absolute atomic E-state index is 0.0604. The lowest BCUT2D eigenvalue weighted by molar-refractivity contribution is -0.130. The zero-order valence-corrected chi connectivity index (χ0v) is 12.0. The average Bonchev–Trinajstić information content (AvgIpc) is 3.14. The third-order valence-corrected chi connectivity index (χ3v) is 3.60. The molecule has 0 aromatic carbocycles. The Morgan fingerprint density at radius 3 is 2.65 bits per heavy atom. The van der Waals surface area contributed by atoms with E-state index in [2.05, 4.69) is 0 Å². The summed E-state index contributed by atoms with van der Waals surface area (Å²) in [4.78, 5) is 27.9. The molecule has 1 aromatic rings. The summed E-state index contributed by atoms with van der Waals surface area (Å²) < 4.78 is 4.95. The van der Waals surface area contributed by atoms with Crippen molar-refractivity contribution in [2.75, 3.05) is 26.2 Å². The quantitative estimate of drug-likeness (QED) is 0.801. The summed E-state index contributed by atoms with van der Waals surface area (Å²) in [7, 11) is 0. The molecular weight excluding hydrogens is 256 g/mol. The molecule has 2 rings (SSSR count). The molecular formula is C15H22N2O3. The molecule has 110 valence electrons. The Hall–Kier alpha value is -1.78. The van der Waals surface area contributed by atoms with E-state index in [4.69, 9.17) is 4.42 Å². The van der Waals surface area contributed by atoms with Crippen molar-refractivity contribution in [3.05, 3.63) is 24.2 Å². The molecule has 5 heteroatoms. The Labute approximate surface area is 119 Å². The van der Waals surface area contributed by atoms with E-state index in [0.717, 1.165) is 32.4 Å². The fourth-order valence-corrected chi connectivity index (χ4v) is 2.51. The number of nitrogens with zero attached hydrogens (tertiary/aromatic N) is 2. The standard InChI is InChI=1S/C15H22N2O3/c1-2-7-17(15(19)13-6-11-20-12-13)10-5-14(18)16-8-3-4-9-16/h6,11-12H,2-5,7-10H2,1H3. The second-order valence-electron chi connectivity index (χ2n) is 5.14. The molecule has 0 radical (unpaired) electrons. The highest BCUT2D eigenvalue weighted by Gasteiger charge is 2.21. The molecule has 0 bridgehead atoms. The summed E-state index contributed by atoms with van der Waals surface area (Å²) in [5.41, 5.74) is 0.548. The van der Waals surface area contributed by atoms with Crippen LogP contribution in [0.5, 0.6) is 0 Å². The first kappa shape index (κ1) is 14.6. The largest absolute Gasteiger partial charge is 0.472 e. The van der Waals surface area contributed by atoms with E-state index in [1.165, 1.54) is 12.5 Å². The van der Waals surface area contributed by atoms with Crippen LogP contribution >= 0.6 is 0 Å². The predicted molar refractivity (Wildman–Crippen MR) is 75.3 cm³/mol. The van der Waals surface area contributed by atoms with Crippen LogP contribution in [0, 0.1) is 0 Å². The number of likely N-dealkylation sites (tertiary alicyclic amines) is 1. The topological polar surface area (TPSA) is 53.8 Å². The first-order valence-corrected chi connectivity index (χ1v) is 7.31. The summed E-state index contributed by atoms with van der Waals surface area (Å²) in [5.74, 6) is 0.0958. The number of carbonyl (C=O) groups is 2. The van der Waals surface area contributed by atoms with Crippen LogP contribution in [0.4, 0.5) is 0 Å². The van der Waals surface area contributed by atoms with E-state index < -0.39 is 0 Å². The third-order valence-electron chi connectivity index (χ3n) is 3.60. The van der Waals surface area contributed by atoms with Crippen LogP contribution in [-0.2, 0) is 4.79 Å². The maximum Gasteiger partial charge on any atom is 0.257 e. The van der Waals surface area contributed by atoms with Crippen molar-refractivity contribution in [2.45, 2.75) is 32.6 Å². The van der Waals surface area contributed by atoms with Gasteiger partial charge >= 0.3 is 0 Å². The van der Waals surface area contributed by atoms with Gasteiger partial charge in [0.15, 0.2) is 0 Å². The fourth-order valence-electron chi connectivity index (χ4n) is 2.51. The SMILES string of the molecule is CCCN(CCC(=O)N1CCCC1)C(=O)c1ccoc1. The zero-order chi connectivity index (χ0) is 14.4. The predicted octanol–water partition coefficient (Wildman–Crippen LogP) is 2.14. The Morgan fingerprint density at radius 2 is 2.05 bits per heavy atom. The van der Waals surface area contributed by atoms with Gasteiger partial charge in [-0.2, -0.15) is 0 Å². The number of hydrogen-bond donors (Lipinski definition) is 0. The summed E-state index contributed by atoms with van der Waals surface area (Å²) in [6, 6.07) is 1.66. The first-order valence-electron chi connectivity index (χ1n) is 7.31.